The lowest BCUT2D eigenvalue weighted by Gasteiger charge is -2.36. The summed E-state index contributed by atoms with van der Waals surface area (Å²) in [5.74, 6) is 2.55. The van der Waals surface area contributed by atoms with Crippen LogP contribution in [0.15, 0.2) is 29.3 Å². The minimum atomic E-state index is 0.258. The lowest BCUT2D eigenvalue weighted by Crippen LogP contribution is -2.50. The number of aliphatic imine (C=N–C) groups is 1. The highest BCUT2D eigenvalue weighted by atomic mass is 16.5. The highest BCUT2D eigenvalue weighted by Crippen LogP contribution is 2.23. The average Bonchev–Trinajstić information content (AvgIpc) is 2.82. The maximum absolute atomic E-state index is 5.58. The third-order valence-corrected chi connectivity index (χ3v) is 6.55. The summed E-state index contributed by atoms with van der Waals surface area (Å²) in [5.41, 5.74) is 1.28. The molecule has 7 heteroatoms. The lowest BCUT2D eigenvalue weighted by atomic mass is 9.99. The molecule has 0 bridgehead atoms. The van der Waals surface area contributed by atoms with Gasteiger partial charge >= 0.3 is 0 Å². The quantitative estimate of drug-likeness (QED) is 0.487. The first-order chi connectivity index (χ1) is 15.1. The molecule has 174 valence electrons. The monoisotopic (exact) mass is 431 g/mol. The number of guanidine groups is 1. The molecule has 2 saturated heterocycles. The molecule has 0 saturated carbocycles. The molecule has 2 aliphatic rings. The van der Waals surface area contributed by atoms with Gasteiger partial charge in [-0.15, -0.1) is 0 Å². The minimum absolute atomic E-state index is 0.258. The van der Waals surface area contributed by atoms with Gasteiger partial charge in [-0.1, -0.05) is 19.1 Å². The number of piperidine rings is 1. The van der Waals surface area contributed by atoms with E-state index < -0.39 is 0 Å². The molecule has 3 rings (SSSR count). The van der Waals surface area contributed by atoms with Crippen molar-refractivity contribution in [1.29, 1.82) is 0 Å². The van der Waals surface area contributed by atoms with Gasteiger partial charge < -0.3 is 20.1 Å². The van der Waals surface area contributed by atoms with Crippen molar-refractivity contribution in [3.8, 4) is 5.75 Å². The minimum Gasteiger partial charge on any atom is -0.497 e. The van der Waals surface area contributed by atoms with Gasteiger partial charge in [0.2, 0.25) is 0 Å². The molecule has 3 atom stereocenters. The SMILES string of the molecule is CN=C(NCC(C)N1CCCC(C)C1)NCC(c1ccc(OC)cc1)N1CCOCC1. The Balaban J connectivity index is 1.56. The van der Waals surface area contributed by atoms with Crippen LogP contribution in [0.3, 0.4) is 0 Å². The van der Waals surface area contributed by atoms with E-state index in [1.165, 1.54) is 31.5 Å². The lowest BCUT2D eigenvalue weighted by molar-refractivity contribution is 0.0170. The second-order valence-electron chi connectivity index (χ2n) is 8.86. The number of morpholine rings is 1. The highest BCUT2D eigenvalue weighted by Gasteiger charge is 2.24. The molecule has 1 aromatic rings. The largest absolute Gasteiger partial charge is 0.497 e. The summed E-state index contributed by atoms with van der Waals surface area (Å²) in [6, 6.07) is 9.16. The Morgan fingerprint density at radius 2 is 1.84 bits per heavy atom. The van der Waals surface area contributed by atoms with Crippen molar-refractivity contribution < 1.29 is 9.47 Å². The van der Waals surface area contributed by atoms with Crippen LogP contribution in [0.1, 0.15) is 38.3 Å². The maximum Gasteiger partial charge on any atom is 0.191 e. The Morgan fingerprint density at radius 1 is 1.13 bits per heavy atom. The normalized spacial score (nSPS) is 23.2. The topological polar surface area (TPSA) is 61.4 Å². The number of ether oxygens (including phenoxy) is 2. The standard InChI is InChI=1S/C24H41N5O2/c1-19-6-5-11-29(18-19)20(2)16-26-24(25-3)27-17-23(28-12-14-31-15-13-28)21-7-9-22(30-4)10-8-21/h7-10,19-20,23H,5-6,11-18H2,1-4H3,(H2,25,26,27). The van der Waals surface area contributed by atoms with Crippen LogP contribution in [0.5, 0.6) is 5.75 Å². The molecule has 0 amide bonds. The van der Waals surface area contributed by atoms with Crippen molar-refractivity contribution in [2.75, 3.05) is 66.6 Å². The first-order valence-corrected chi connectivity index (χ1v) is 11.7. The zero-order valence-electron chi connectivity index (χ0n) is 19.8. The van der Waals surface area contributed by atoms with Gasteiger partial charge in [-0.3, -0.25) is 14.8 Å². The van der Waals surface area contributed by atoms with Gasteiger partial charge in [0.25, 0.3) is 0 Å². The van der Waals surface area contributed by atoms with Crippen LogP contribution < -0.4 is 15.4 Å². The summed E-state index contributed by atoms with van der Waals surface area (Å²) in [6.07, 6.45) is 2.66. The Kier molecular flexibility index (Phi) is 9.43. The van der Waals surface area contributed by atoms with Crippen LogP contribution in [0.2, 0.25) is 0 Å². The van der Waals surface area contributed by atoms with Crippen molar-refractivity contribution in [1.82, 2.24) is 20.4 Å². The fourth-order valence-electron chi connectivity index (χ4n) is 4.59. The number of benzene rings is 1. The average molecular weight is 432 g/mol. The van der Waals surface area contributed by atoms with E-state index in [4.69, 9.17) is 9.47 Å². The molecule has 2 aliphatic heterocycles. The van der Waals surface area contributed by atoms with E-state index in [1.54, 1.807) is 7.11 Å². The van der Waals surface area contributed by atoms with Crippen molar-refractivity contribution in [3.63, 3.8) is 0 Å². The number of rotatable bonds is 8. The van der Waals surface area contributed by atoms with Crippen LogP contribution in [0.4, 0.5) is 0 Å². The summed E-state index contributed by atoms with van der Waals surface area (Å²) in [5, 5.41) is 7.11. The van der Waals surface area contributed by atoms with Crippen molar-refractivity contribution >= 4 is 5.96 Å². The molecule has 0 aromatic heterocycles. The second-order valence-corrected chi connectivity index (χ2v) is 8.86. The molecule has 2 fully saturated rings. The van der Waals surface area contributed by atoms with Gasteiger partial charge in [0.15, 0.2) is 5.96 Å². The predicted octanol–water partition coefficient (Wildman–Crippen LogP) is 2.35. The van der Waals surface area contributed by atoms with Crippen molar-refractivity contribution in [2.45, 2.75) is 38.8 Å². The Hall–Kier alpha value is -1.83. The van der Waals surface area contributed by atoms with Gasteiger partial charge in [-0.05, 0) is 49.9 Å². The molecule has 1 aromatic carbocycles. The van der Waals surface area contributed by atoms with E-state index in [2.05, 4.69) is 51.4 Å². The number of nitrogens with one attached hydrogen (secondary N) is 2. The fraction of sp³-hybridized carbons (Fsp3) is 0.708. The van der Waals surface area contributed by atoms with Crippen LogP contribution in [0.25, 0.3) is 0 Å². The van der Waals surface area contributed by atoms with E-state index in [-0.39, 0.29) is 6.04 Å². The molecule has 3 unspecified atom stereocenters. The maximum atomic E-state index is 5.58. The van der Waals surface area contributed by atoms with Crippen LogP contribution in [-0.4, -0.2) is 88.4 Å². The first-order valence-electron chi connectivity index (χ1n) is 11.7. The fourth-order valence-corrected chi connectivity index (χ4v) is 4.59. The number of methoxy groups -OCH3 is 1. The molecule has 2 heterocycles. The van der Waals surface area contributed by atoms with E-state index in [1.807, 2.05) is 19.2 Å². The summed E-state index contributed by atoms with van der Waals surface area (Å²) in [4.78, 5) is 9.56. The van der Waals surface area contributed by atoms with Crippen LogP contribution in [0, 0.1) is 5.92 Å². The highest BCUT2D eigenvalue weighted by molar-refractivity contribution is 5.79. The molecule has 2 N–H and O–H groups in total. The smallest absolute Gasteiger partial charge is 0.191 e. The van der Waals surface area contributed by atoms with Gasteiger partial charge in [-0.25, -0.2) is 0 Å². The van der Waals surface area contributed by atoms with Crippen molar-refractivity contribution in [2.24, 2.45) is 10.9 Å². The zero-order valence-corrected chi connectivity index (χ0v) is 19.8. The third kappa shape index (κ3) is 7.09. The summed E-state index contributed by atoms with van der Waals surface area (Å²) < 4.78 is 10.9. The molecule has 0 spiro atoms. The van der Waals surface area contributed by atoms with Gasteiger partial charge in [0, 0.05) is 45.8 Å². The summed E-state index contributed by atoms with van der Waals surface area (Å²) in [6.45, 7) is 12.2. The molecule has 31 heavy (non-hydrogen) atoms. The summed E-state index contributed by atoms with van der Waals surface area (Å²) in [7, 11) is 3.55. The third-order valence-electron chi connectivity index (χ3n) is 6.55. The number of likely N-dealkylation sites (tertiary alicyclic amines) is 1. The second kappa shape index (κ2) is 12.3. The zero-order chi connectivity index (χ0) is 22.1. The predicted molar refractivity (Wildman–Crippen MR) is 127 cm³/mol. The molecule has 0 aliphatic carbocycles. The van der Waals surface area contributed by atoms with Gasteiger partial charge in [-0.2, -0.15) is 0 Å². The first kappa shape index (κ1) is 23.8. The number of hydrogen-bond donors (Lipinski definition) is 2. The van der Waals surface area contributed by atoms with E-state index in [9.17, 15) is 0 Å². The number of nitrogens with zero attached hydrogens (tertiary/aromatic N) is 3. The Labute approximate surface area is 188 Å². The molecular formula is C24H41N5O2. The molecular weight excluding hydrogens is 390 g/mol. The van der Waals surface area contributed by atoms with E-state index in [0.29, 0.717) is 6.04 Å². The Morgan fingerprint density at radius 3 is 2.48 bits per heavy atom. The number of hydrogen-bond acceptors (Lipinski definition) is 5. The van der Waals surface area contributed by atoms with Crippen LogP contribution >= 0.6 is 0 Å². The van der Waals surface area contributed by atoms with Gasteiger partial charge in [0.1, 0.15) is 5.75 Å². The van der Waals surface area contributed by atoms with Crippen molar-refractivity contribution in [3.05, 3.63) is 29.8 Å². The van der Waals surface area contributed by atoms with Gasteiger partial charge in [0.05, 0.1) is 26.4 Å². The Bertz CT molecular complexity index is 675. The van der Waals surface area contributed by atoms with E-state index >= 15 is 0 Å². The molecule has 7 nitrogen and oxygen atoms in total. The molecule has 0 radical (unpaired) electrons. The van der Waals surface area contributed by atoms with E-state index in [0.717, 1.165) is 57.0 Å². The summed E-state index contributed by atoms with van der Waals surface area (Å²) >= 11 is 0. The van der Waals surface area contributed by atoms with Crippen LogP contribution in [-0.2, 0) is 4.74 Å².